The monoisotopic (exact) mass is 629 g/mol. The van der Waals surface area contributed by atoms with Crippen LogP contribution in [0.2, 0.25) is 0 Å². The van der Waals surface area contributed by atoms with E-state index in [2.05, 4.69) is 21.3 Å². The number of fused-ring (bicyclic) bond motifs is 3. The molecule has 0 radical (unpaired) electrons. The number of aliphatic hydroxyl groups excluding tert-OH is 2. The average molecular weight is 630 g/mol. The number of ether oxygens (including phenoxy) is 5. The molecule has 10 nitrogen and oxygen atoms in total. The van der Waals surface area contributed by atoms with Crippen LogP contribution in [0.5, 0.6) is 28.7 Å². The van der Waals surface area contributed by atoms with E-state index in [1.807, 2.05) is 84.9 Å². The standard InChI is InChI=1S/C36H43N3O7/c1-42-31-13-5-7-15-33(31)44-20-18-37-22-26(40)24-39-29-11-4-3-10-28(29)36-30(39)12-9-17-35(36)46-25-27(41)23-38-19-21-45-34-16-8-6-14-32(34)43-2/h3-17,26-27,37-38,40-41H,18-25H2,1-2H3/t26-,27-/m0/s1. The van der Waals surface area contributed by atoms with Crippen molar-refractivity contribution in [2.75, 3.05) is 60.2 Å². The third kappa shape index (κ3) is 8.41. The first-order valence-corrected chi connectivity index (χ1v) is 15.5. The van der Waals surface area contributed by atoms with E-state index in [0.717, 1.165) is 21.8 Å². The number of aromatic nitrogens is 1. The first-order chi connectivity index (χ1) is 22.6. The van der Waals surface area contributed by atoms with Gasteiger partial charge in [0.05, 0.1) is 32.4 Å². The zero-order chi connectivity index (χ0) is 32.1. The Balaban J connectivity index is 1.13. The summed E-state index contributed by atoms with van der Waals surface area (Å²) in [6.45, 7) is 3.31. The fourth-order valence-electron chi connectivity index (χ4n) is 5.38. The fraction of sp³-hybridized carbons (Fsp3) is 0.333. The second-order valence-electron chi connectivity index (χ2n) is 10.8. The largest absolute Gasteiger partial charge is 0.493 e. The smallest absolute Gasteiger partial charge is 0.161 e. The van der Waals surface area contributed by atoms with Gasteiger partial charge in [0.15, 0.2) is 23.0 Å². The van der Waals surface area contributed by atoms with Gasteiger partial charge in [0.2, 0.25) is 0 Å². The van der Waals surface area contributed by atoms with Crippen molar-refractivity contribution in [2.24, 2.45) is 0 Å². The Kier molecular flexibility index (Phi) is 12.0. The molecule has 5 rings (SSSR count). The van der Waals surface area contributed by atoms with Crippen molar-refractivity contribution in [1.82, 2.24) is 15.2 Å². The minimum Gasteiger partial charge on any atom is -0.493 e. The van der Waals surface area contributed by atoms with E-state index in [1.54, 1.807) is 14.2 Å². The van der Waals surface area contributed by atoms with Crippen LogP contribution < -0.4 is 34.3 Å². The van der Waals surface area contributed by atoms with E-state index in [4.69, 9.17) is 23.7 Å². The summed E-state index contributed by atoms with van der Waals surface area (Å²) in [5.74, 6) is 3.43. The molecule has 2 atom stereocenters. The molecule has 0 aliphatic carbocycles. The van der Waals surface area contributed by atoms with Gasteiger partial charge in [-0.05, 0) is 42.5 Å². The molecular formula is C36H43N3O7. The number of benzene rings is 4. The van der Waals surface area contributed by atoms with E-state index in [-0.39, 0.29) is 6.61 Å². The topological polar surface area (TPSA) is 116 Å². The molecular weight excluding hydrogens is 586 g/mol. The van der Waals surface area contributed by atoms with Crippen LogP contribution in [0, 0.1) is 0 Å². The molecule has 4 aromatic carbocycles. The molecule has 4 N–H and O–H groups in total. The molecule has 10 heteroatoms. The van der Waals surface area contributed by atoms with Crippen LogP contribution in [0.4, 0.5) is 0 Å². The predicted molar refractivity (Wildman–Crippen MR) is 180 cm³/mol. The number of nitrogens with one attached hydrogen (secondary N) is 2. The fourth-order valence-corrected chi connectivity index (χ4v) is 5.38. The van der Waals surface area contributed by atoms with Crippen molar-refractivity contribution >= 4 is 21.8 Å². The Morgan fingerprint density at radius 2 is 1.11 bits per heavy atom. The Labute approximate surface area is 269 Å². The van der Waals surface area contributed by atoms with E-state index in [9.17, 15) is 10.2 Å². The average Bonchev–Trinajstić information content (AvgIpc) is 3.41. The van der Waals surface area contributed by atoms with Crippen molar-refractivity contribution in [2.45, 2.75) is 18.8 Å². The van der Waals surface area contributed by atoms with Crippen molar-refractivity contribution in [1.29, 1.82) is 0 Å². The number of hydrogen-bond acceptors (Lipinski definition) is 9. The summed E-state index contributed by atoms with van der Waals surface area (Å²) < 4.78 is 30.5. The van der Waals surface area contributed by atoms with Gasteiger partial charge in [-0.3, -0.25) is 0 Å². The quantitative estimate of drug-likeness (QED) is 0.0996. The molecule has 0 saturated carbocycles. The van der Waals surface area contributed by atoms with Gasteiger partial charge in [-0.25, -0.2) is 0 Å². The molecule has 1 heterocycles. The van der Waals surface area contributed by atoms with E-state index < -0.39 is 12.2 Å². The van der Waals surface area contributed by atoms with Gasteiger partial charge in [-0.1, -0.05) is 48.5 Å². The first-order valence-electron chi connectivity index (χ1n) is 15.5. The Morgan fingerprint density at radius 3 is 1.74 bits per heavy atom. The van der Waals surface area contributed by atoms with Gasteiger partial charge in [-0.2, -0.15) is 0 Å². The molecule has 0 aliphatic heterocycles. The van der Waals surface area contributed by atoms with Crippen molar-refractivity contribution in [3.05, 3.63) is 91.0 Å². The van der Waals surface area contributed by atoms with Gasteiger partial charge in [0.25, 0.3) is 0 Å². The minimum atomic E-state index is -0.713. The summed E-state index contributed by atoms with van der Waals surface area (Å²) in [5, 5.41) is 30.1. The summed E-state index contributed by atoms with van der Waals surface area (Å²) in [6.07, 6.45) is -1.34. The van der Waals surface area contributed by atoms with Crippen LogP contribution in [0.15, 0.2) is 91.0 Å². The summed E-state index contributed by atoms with van der Waals surface area (Å²) in [4.78, 5) is 0. The highest BCUT2D eigenvalue weighted by Crippen LogP contribution is 2.36. The van der Waals surface area contributed by atoms with Crippen LogP contribution in [0.3, 0.4) is 0 Å². The van der Waals surface area contributed by atoms with Crippen LogP contribution >= 0.6 is 0 Å². The van der Waals surface area contributed by atoms with E-state index >= 15 is 0 Å². The van der Waals surface area contributed by atoms with Gasteiger partial charge in [-0.15, -0.1) is 0 Å². The number of hydrogen-bond donors (Lipinski definition) is 4. The lowest BCUT2D eigenvalue weighted by Gasteiger charge is -2.16. The number of para-hydroxylation sites is 5. The molecule has 0 spiro atoms. The molecule has 0 fully saturated rings. The van der Waals surface area contributed by atoms with Crippen molar-refractivity contribution in [3.63, 3.8) is 0 Å². The van der Waals surface area contributed by atoms with Gasteiger partial charge in [0, 0.05) is 42.5 Å². The van der Waals surface area contributed by atoms with Crippen LogP contribution in [-0.2, 0) is 6.54 Å². The van der Waals surface area contributed by atoms with Crippen LogP contribution in [0.25, 0.3) is 21.8 Å². The zero-order valence-electron chi connectivity index (χ0n) is 26.4. The van der Waals surface area contributed by atoms with Crippen molar-refractivity contribution in [3.8, 4) is 28.7 Å². The number of aliphatic hydroxyl groups is 2. The summed E-state index contributed by atoms with van der Waals surface area (Å²) in [7, 11) is 3.23. The van der Waals surface area contributed by atoms with Crippen LogP contribution in [0.1, 0.15) is 0 Å². The maximum absolute atomic E-state index is 11.0. The molecule has 1 aromatic heterocycles. The lowest BCUT2D eigenvalue weighted by atomic mass is 10.1. The molecule has 46 heavy (non-hydrogen) atoms. The third-order valence-corrected chi connectivity index (χ3v) is 7.55. The second-order valence-corrected chi connectivity index (χ2v) is 10.8. The first kappa shape index (κ1) is 32.9. The van der Waals surface area contributed by atoms with Gasteiger partial charge >= 0.3 is 0 Å². The Hall–Kier alpha value is -4.48. The minimum absolute atomic E-state index is 0.127. The third-order valence-electron chi connectivity index (χ3n) is 7.55. The van der Waals surface area contributed by atoms with E-state index in [1.165, 1.54) is 0 Å². The highest BCUT2D eigenvalue weighted by atomic mass is 16.5. The molecule has 0 aliphatic rings. The lowest BCUT2D eigenvalue weighted by Crippen LogP contribution is -2.33. The SMILES string of the molecule is COc1ccccc1OCCNC[C@H](O)COc1cccc2c1c1ccccc1n2C[C@@H](O)CNCCOc1ccccc1OC. The summed E-state index contributed by atoms with van der Waals surface area (Å²) in [6, 6.07) is 29.0. The highest BCUT2D eigenvalue weighted by Gasteiger charge is 2.17. The maximum atomic E-state index is 11.0. The van der Waals surface area contributed by atoms with Gasteiger partial charge < -0.3 is 49.1 Å². The Morgan fingerprint density at radius 1 is 0.587 bits per heavy atom. The molecule has 5 aromatic rings. The zero-order valence-corrected chi connectivity index (χ0v) is 26.4. The molecule has 244 valence electrons. The van der Waals surface area contributed by atoms with E-state index in [0.29, 0.717) is 74.7 Å². The summed E-state index contributed by atoms with van der Waals surface area (Å²) in [5.41, 5.74) is 1.96. The highest BCUT2D eigenvalue weighted by molar-refractivity contribution is 6.11. The summed E-state index contributed by atoms with van der Waals surface area (Å²) >= 11 is 0. The molecule has 0 saturated heterocycles. The molecule has 0 unspecified atom stereocenters. The molecule has 0 bridgehead atoms. The van der Waals surface area contributed by atoms with Crippen molar-refractivity contribution < 1.29 is 33.9 Å². The van der Waals surface area contributed by atoms with Gasteiger partial charge in [0.1, 0.15) is 31.7 Å². The number of methoxy groups -OCH3 is 2. The molecule has 0 amide bonds. The Bertz CT molecular complexity index is 1670. The maximum Gasteiger partial charge on any atom is 0.161 e. The number of nitrogens with zero attached hydrogens (tertiary/aromatic N) is 1. The second kappa shape index (κ2) is 16.7. The van der Waals surface area contributed by atoms with Crippen LogP contribution in [-0.4, -0.2) is 87.2 Å². The normalized spacial score (nSPS) is 12.6. The number of rotatable bonds is 19. The predicted octanol–water partition coefficient (Wildman–Crippen LogP) is 4.25. The lowest BCUT2D eigenvalue weighted by molar-refractivity contribution is 0.106.